The van der Waals surface area contributed by atoms with Crippen molar-refractivity contribution in [2.45, 2.75) is 6.92 Å². The van der Waals surface area contributed by atoms with E-state index in [1.165, 1.54) is 6.08 Å². The number of hydrogen-bond donors (Lipinski definition) is 1. The smallest absolute Gasteiger partial charge is 0.344 e. The van der Waals surface area contributed by atoms with Gasteiger partial charge >= 0.3 is 5.97 Å². The second-order valence-corrected chi connectivity index (χ2v) is 6.54. The van der Waals surface area contributed by atoms with Crippen molar-refractivity contribution in [1.82, 2.24) is 0 Å². The monoisotopic (exact) mass is 458 g/mol. The molecule has 2 aromatic carbocycles. The number of amides is 1. The topological polar surface area (TPSA) is 97.7 Å². The first-order valence-electron chi connectivity index (χ1n) is 8.62. The molecule has 0 aliphatic heterocycles. The van der Waals surface area contributed by atoms with Crippen LogP contribution in [0.5, 0.6) is 11.5 Å². The number of carbonyl (C=O) groups excluding carboxylic acids is 2. The lowest BCUT2D eigenvalue weighted by molar-refractivity contribution is -0.145. The summed E-state index contributed by atoms with van der Waals surface area (Å²) in [5, 5.41) is 12.1. The lowest BCUT2D eigenvalue weighted by atomic mass is 10.1. The molecule has 150 valence electrons. The Morgan fingerprint density at radius 2 is 1.93 bits per heavy atom. The molecular weight excluding hydrogens is 440 g/mol. The minimum absolute atomic E-state index is 0.125. The molecule has 0 radical (unpaired) electrons. The number of nitriles is 1. The van der Waals surface area contributed by atoms with E-state index in [1.54, 1.807) is 56.5 Å². The third-order valence-corrected chi connectivity index (χ3v) is 4.13. The Bertz CT molecular complexity index is 949. The summed E-state index contributed by atoms with van der Waals surface area (Å²) >= 11 is 3.35. The van der Waals surface area contributed by atoms with Gasteiger partial charge in [-0.15, -0.1) is 0 Å². The number of benzene rings is 2. The van der Waals surface area contributed by atoms with Crippen LogP contribution in [-0.2, 0) is 14.3 Å². The number of anilines is 1. The number of rotatable bonds is 8. The van der Waals surface area contributed by atoms with Crippen LogP contribution in [0.1, 0.15) is 12.5 Å². The zero-order chi connectivity index (χ0) is 21.2. The average molecular weight is 459 g/mol. The van der Waals surface area contributed by atoms with Crippen molar-refractivity contribution in [3.63, 3.8) is 0 Å². The maximum absolute atomic E-state index is 12.5. The SMILES string of the molecule is CCOC(=O)COc1ccc(Br)cc1/C=C(\C#N)C(=O)Nc1ccc(OC)cc1. The number of methoxy groups -OCH3 is 1. The quantitative estimate of drug-likeness (QED) is 0.365. The highest BCUT2D eigenvalue weighted by Crippen LogP contribution is 2.26. The van der Waals surface area contributed by atoms with Gasteiger partial charge in [-0.05, 0) is 55.5 Å². The van der Waals surface area contributed by atoms with E-state index < -0.39 is 11.9 Å². The third-order valence-electron chi connectivity index (χ3n) is 3.64. The molecule has 0 aromatic heterocycles. The van der Waals surface area contributed by atoms with Crippen LogP contribution in [0.15, 0.2) is 52.5 Å². The van der Waals surface area contributed by atoms with Crippen molar-refractivity contribution in [2.24, 2.45) is 0 Å². The highest BCUT2D eigenvalue weighted by molar-refractivity contribution is 9.10. The number of hydrogen-bond acceptors (Lipinski definition) is 6. The van der Waals surface area contributed by atoms with Crippen molar-refractivity contribution >= 4 is 39.6 Å². The normalized spacial score (nSPS) is 10.6. The lowest BCUT2D eigenvalue weighted by Gasteiger charge is -2.10. The van der Waals surface area contributed by atoms with E-state index in [2.05, 4.69) is 21.2 Å². The highest BCUT2D eigenvalue weighted by Gasteiger charge is 2.13. The molecule has 0 saturated heterocycles. The molecule has 0 heterocycles. The van der Waals surface area contributed by atoms with Crippen molar-refractivity contribution in [1.29, 1.82) is 5.26 Å². The summed E-state index contributed by atoms with van der Waals surface area (Å²) in [7, 11) is 1.55. The molecule has 0 spiro atoms. The van der Waals surface area contributed by atoms with E-state index in [0.717, 1.165) is 4.47 Å². The molecule has 0 fully saturated rings. The summed E-state index contributed by atoms with van der Waals surface area (Å²) in [5.74, 6) is -0.0973. The van der Waals surface area contributed by atoms with Crippen LogP contribution in [-0.4, -0.2) is 32.2 Å². The molecule has 0 saturated carbocycles. The Kier molecular flexibility index (Phi) is 8.25. The van der Waals surface area contributed by atoms with Crippen LogP contribution in [0.4, 0.5) is 5.69 Å². The first-order chi connectivity index (χ1) is 14.0. The molecule has 0 aliphatic carbocycles. The number of nitrogens with one attached hydrogen (secondary N) is 1. The predicted octanol–water partition coefficient (Wildman–Crippen LogP) is 3.95. The Labute approximate surface area is 177 Å². The summed E-state index contributed by atoms with van der Waals surface area (Å²) in [5.41, 5.74) is 0.856. The number of carbonyl (C=O) groups is 2. The van der Waals surface area contributed by atoms with E-state index in [4.69, 9.17) is 14.2 Å². The maximum atomic E-state index is 12.5. The fraction of sp³-hybridized carbons (Fsp3) is 0.190. The third kappa shape index (κ3) is 6.66. The van der Waals surface area contributed by atoms with Crippen molar-refractivity contribution < 1.29 is 23.8 Å². The molecule has 2 rings (SSSR count). The summed E-state index contributed by atoms with van der Waals surface area (Å²) in [6, 6.07) is 13.6. The zero-order valence-corrected chi connectivity index (χ0v) is 17.5. The van der Waals surface area contributed by atoms with Crippen molar-refractivity contribution in [3.05, 3.63) is 58.1 Å². The molecule has 0 bridgehead atoms. The molecule has 2 aromatic rings. The maximum Gasteiger partial charge on any atom is 0.344 e. The molecule has 0 atom stereocenters. The van der Waals surface area contributed by atoms with Crippen LogP contribution in [0, 0.1) is 11.3 Å². The van der Waals surface area contributed by atoms with Crippen molar-refractivity contribution in [3.8, 4) is 17.6 Å². The lowest BCUT2D eigenvalue weighted by Crippen LogP contribution is -2.15. The average Bonchev–Trinajstić information content (AvgIpc) is 2.72. The molecular formula is C21H19BrN2O5. The van der Waals surface area contributed by atoms with E-state index in [-0.39, 0.29) is 18.8 Å². The molecule has 1 N–H and O–H groups in total. The van der Waals surface area contributed by atoms with Gasteiger partial charge in [-0.25, -0.2) is 4.79 Å². The Morgan fingerprint density at radius 1 is 1.21 bits per heavy atom. The van der Waals surface area contributed by atoms with E-state index in [1.807, 2.05) is 6.07 Å². The summed E-state index contributed by atoms with van der Waals surface area (Å²) in [4.78, 5) is 24.0. The molecule has 7 nitrogen and oxygen atoms in total. The first kappa shape index (κ1) is 22.0. The van der Waals surface area contributed by atoms with Gasteiger partial charge in [-0.1, -0.05) is 15.9 Å². The van der Waals surface area contributed by atoms with Gasteiger partial charge < -0.3 is 19.5 Å². The van der Waals surface area contributed by atoms with E-state index in [9.17, 15) is 14.9 Å². The second-order valence-electron chi connectivity index (χ2n) is 5.63. The number of ether oxygens (including phenoxy) is 3. The number of esters is 1. The highest BCUT2D eigenvalue weighted by atomic mass is 79.9. The van der Waals surface area contributed by atoms with Crippen LogP contribution >= 0.6 is 15.9 Å². The fourth-order valence-corrected chi connectivity index (χ4v) is 2.66. The van der Waals surface area contributed by atoms with Gasteiger partial charge in [0.15, 0.2) is 6.61 Å². The number of halogens is 1. The molecule has 0 aliphatic rings. The van der Waals surface area contributed by atoms with Crippen molar-refractivity contribution in [2.75, 3.05) is 25.6 Å². The van der Waals surface area contributed by atoms with Crippen LogP contribution in [0.25, 0.3) is 6.08 Å². The minimum Gasteiger partial charge on any atom is -0.497 e. The van der Waals surface area contributed by atoms with Gasteiger partial charge in [-0.2, -0.15) is 5.26 Å². The Morgan fingerprint density at radius 3 is 2.55 bits per heavy atom. The van der Waals surface area contributed by atoms with E-state index >= 15 is 0 Å². The van der Waals surface area contributed by atoms with Gasteiger partial charge in [0.2, 0.25) is 0 Å². The minimum atomic E-state index is -0.575. The molecule has 8 heteroatoms. The van der Waals surface area contributed by atoms with Crippen LogP contribution in [0.3, 0.4) is 0 Å². The van der Waals surface area contributed by atoms with E-state index in [0.29, 0.717) is 22.7 Å². The van der Waals surface area contributed by atoms with Gasteiger partial charge in [0.1, 0.15) is 23.1 Å². The zero-order valence-electron chi connectivity index (χ0n) is 15.9. The summed E-state index contributed by atoms with van der Waals surface area (Å²) in [6.07, 6.45) is 1.39. The molecule has 29 heavy (non-hydrogen) atoms. The second kappa shape index (κ2) is 10.9. The number of nitrogens with zero attached hydrogens (tertiary/aromatic N) is 1. The summed E-state index contributed by atoms with van der Waals surface area (Å²) in [6.45, 7) is 1.67. The van der Waals surface area contributed by atoms with Crippen LogP contribution in [0.2, 0.25) is 0 Å². The Balaban J connectivity index is 2.21. The standard InChI is InChI=1S/C21H19BrN2O5/c1-3-28-20(25)13-29-19-9-4-16(22)11-14(19)10-15(12-23)21(26)24-17-5-7-18(27-2)8-6-17/h4-11H,3,13H2,1-2H3,(H,24,26)/b15-10+. The Hall–Kier alpha value is -3.31. The van der Waals surface area contributed by atoms with Gasteiger partial charge in [0.25, 0.3) is 5.91 Å². The van der Waals surface area contributed by atoms with Gasteiger partial charge in [0.05, 0.1) is 13.7 Å². The fourth-order valence-electron chi connectivity index (χ4n) is 2.28. The predicted molar refractivity (Wildman–Crippen MR) is 111 cm³/mol. The molecule has 1 amide bonds. The van der Waals surface area contributed by atoms with Crippen LogP contribution < -0.4 is 14.8 Å². The van der Waals surface area contributed by atoms with Gasteiger partial charge in [0, 0.05) is 15.7 Å². The largest absolute Gasteiger partial charge is 0.497 e. The van der Waals surface area contributed by atoms with Gasteiger partial charge in [-0.3, -0.25) is 4.79 Å². The molecule has 0 unspecified atom stereocenters. The first-order valence-corrected chi connectivity index (χ1v) is 9.41. The summed E-state index contributed by atoms with van der Waals surface area (Å²) < 4.78 is 16.1.